The summed E-state index contributed by atoms with van der Waals surface area (Å²) in [4.78, 5) is 16.9. The molecular formula is C36H46N2O2. The van der Waals surface area contributed by atoms with Crippen LogP contribution in [0.15, 0.2) is 72.5 Å². The summed E-state index contributed by atoms with van der Waals surface area (Å²) in [6.07, 6.45) is 22.0. The minimum absolute atomic E-state index is 0.0271. The number of nitrogens with one attached hydrogen (secondary N) is 1. The van der Waals surface area contributed by atoms with E-state index in [4.69, 9.17) is 9.72 Å². The largest absolute Gasteiger partial charge is 0.469 e. The molecule has 1 aliphatic rings. The van der Waals surface area contributed by atoms with E-state index in [2.05, 4.69) is 86.5 Å². The quantitative estimate of drug-likeness (QED) is 0.155. The third-order valence-corrected chi connectivity index (χ3v) is 7.45. The van der Waals surface area contributed by atoms with Crippen molar-refractivity contribution in [3.05, 3.63) is 99.9 Å². The average molecular weight is 539 g/mol. The van der Waals surface area contributed by atoms with Gasteiger partial charge in [0.25, 0.3) is 0 Å². The molecule has 0 fully saturated rings. The summed E-state index contributed by atoms with van der Waals surface area (Å²) in [7, 11) is 1.50. The number of esters is 1. The van der Waals surface area contributed by atoms with E-state index >= 15 is 0 Å². The van der Waals surface area contributed by atoms with E-state index in [1.807, 2.05) is 19.2 Å². The van der Waals surface area contributed by atoms with Gasteiger partial charge in [0.1, 0.15) is 0 Å². The second kappa shape index (κ2) is 16.4. The number of pyridine rings is 1. The van der Waals surface area contributed by atoms with Crippen LogP contribution in [-0.4, -0.2) is 18.1 Å². The van der Waals surface area contributed by atoms with Gasteiger partial charge in [-0.3, -0.25) is 9.78 Å². The number of rotatable bonds is 14. The Hall–Kier alpha value is -3.66. The number of carbonyl (C=O) groups excluding carboxylic acids is 1. The molecule has 0 aliphatic carbocycles. The molecule has 3 rings (SSSR count). The maximum Gasteiger partial charge on any atom is 0.308 e. The first-order chi connectivity index (χ1) is 19.5. The number of aryl methyl sites for hydroxylation is 1. The summed E-state index contributed by atoms with van der Waals surface area (Å²) in [6, 6.07) is 12.6. The number of aromatic nitrogens is 1. The molecule has 1 N–H and O–H groups in total. The highest BCUT2D eigenvalue weighted by molar-refractivity contribution is 5.90. The van der Waals surface area contributed by atoms with E-state index in [0.717, 1.165) is 72.5 Å². The van der Waals surface area contributed by atoms with Gasteiger partial charge in [0.05, 0.1) is 24.4 Å². The number of ether oxygens (including phenoxy) is 1. The molecule has 0 saturated heterocycles. The van der Waals surface area contributed by atoms with Crippen LogP contribution in [0.4, 0.5) is 0 Å². The molecule has 0 unspecified atom stereocenters. The first kappa shape index (κ1) is 30.9. The Morgan fingerprint density at radius 3 is 2.73 bits per heavy atom. The zero-order valence-electron chi connectivity index (χ0n) is 24.8. The van der Waals surface area contributed by atoms with Gasteiger partial charge in [0, 0.05) is 5.69 Å². The number of hydrogen-bond acceptors (Lipinski definition) is 4. The lowest BCUT2D eigenvalue weighted by Gasteiger charge is -2.18. The maximum atomic E-state index is 12.1. The number of methoxy groups -OCH3 is 1. The lowest BCUT2D eigenvalue weighted by atomic mass is 9.95. The highest BCUT2D eigenvalue weighted by Crippen LogP contribution is 2.28. The second-order valence-electron chi connectivity index (χ2n) is 10.5. The summed E-state index contributed by atoms with van der Waals surface area (Å²) >= 11 is 0. The van der Waals surface area contributed by atoms with Crippen LogP contribution >= 0.6 is 0 Å². The molecule has 40 heavy (non-hydrogen) atoms. The maximum absolute atomic E-state index is 12.1. The van der Waals surface area contributed by atoms with Gasteiger partial charge in [-0.1, -0.05) is 81.3 Å². The number of dihydropyridines is 1. The van der Waals surface area contributed by atoms with Crippen molar-refractivity contribution in [2.24, 2.45) is 5.92 Å². The Bertz CT molecular complexity index is 1360. The van der Waals surface area contributed by atoms with Crippen molar-refractivity contribution in [2.45, 2.75) is 78.6 Å². The van der Waals surface area contributed by atoms with Gasteiger partial charge in [0.15, 0.2) is 0 Å². The molecule has 1 aromatic carbocycles. The van der Waals surface area contributed by atoms with Crippen LogP contribution in [0, 0.1) is 12.8 Å². The van der Waals surface area contributed by atoms with Crippen molar-refractivity contribution < 1.29 is 9.53 Å². The monoisotopic (exact) mass is 538 g/mol. The molecule has 0 radical (unpaired) electrons. The van der Waals surface area contributed by atoms with Crippen LogP contribution in [0.25, 0.3) is 23.9 Å². The molecule has 4 nitrogen and oxygen atoms in total. The molecule has 1 aliphatic heterocycles. The van der Waals surface area contributed by atoms with Gasteiger partial charge >= 0.3 is 5.97 Å². The van der Waals surface area contributed by atoms with E-state index in [-0.39, 0.29) is 11.9 Å². The van der Waals surface area contributed by atoms with Gasteiger partial charge in [-0.05, 0) is 104 Å². The van der Waals surface area contributed by atoms with E-state index in [0.29, 0.717) is 0 Å². The Kier molecular flexibility index (Phi) is 12.7. The van der Waals surface area contributed by atoms with Crippen molar-refractivity contribution in [3.63, 3.8) is 0 Å². The molecule has 0 bridgehead atoms. The number of carbonyl (C=O) groups is 1. The van der Waals surface area contributed by atoms with Gasteiger partial charge in [-0.25, -0.2) is 0 Å². The first-order valence-electron chi connectivity index (χ1n) is 14.7. The molecule has 0 spiro atoms. The molecule has 2 heterocycles. The summed E-state index contributed by atoms with van der Waals surface area (Å²) in [5, 5.41) is 5.58. The minimum Gasteiger partial charge on any atom is -0.469 e. The fraction of sp³-hybridized carbons (Fsp3) is 0.389. The third-order valence-electron chi connectivity index (χ3n) is 7.45. The molecule has 2 aromatic rings. The summed E-state index contributed by atoms with van der Waals surface area (Å²) in [5.41, 5.74) is 6.69. The predicted molar refractivity (Wildman–Crippen MR) is 169 cm³/mol. The van der Waals surface area contributed by atoms with Gasteiger partial charge in [-0.2, -0.15) is 0 Å². The van der Waals surface area contributed by atoms with E-state index in [1.165, 1.54) is 36.7 Å². The third kappa shape index (κ3) is 9.22. The Balaban J connectivity index is 1.68. The summed E-state index contributed by atoms with van der Waals surface area (Å²) in [5.74, 6) is -0.0329. The average Bonchev–Trinajstić information content (AvgIpc) is 2.97. The van der Waals surface area contributed by atoms with Crippen LogP contribution in [-0.2, 0) is 9.53 Å². The highest BCUT2D eigenvalue weighted by atomic mass is 16.5. The molecule has 0 amide bonds. The highest BCUT2D eigenvalue weighted by Gasteiger charge is 2.18. The molecular weight excluding hydrogens is 492 g/mol. The number of unbranched alkanes of at least 4 members (excludes halogenated alkanes) is 3. The van der Waals surface area contributed by atoms with Crippen molar-refractivity contribution in [2.75, 3.05) is 7.11 Å². The molecule has 0 saturated carbocycles. The van der Waals surface area contributed by atoms with Crippen LogP contribution in [0.5, 0.6) is 0 Å². The smallest absolute Gasteiger partial charge is 0.308 e. The first-order valence-corrected chi connectivity index (χ1v) is 14.7. The van der Waals surface area contributed by atoms with Gasteiger partial charge < -0.3 is 10.1 Å². The van der Waals surface area contributed by atoms with Crippen LogP contribution in [0.2, 0.25) is 0 Å². The molecule has 1 atom stereocenters. The second-order valence-corrected chi connectivity index (χ2v) is 10.5. The van der Waals surface area contributed by atoms with E-state index in [9.17, 15) is 4.79 Å². The SMILES string of the molecule is C=c1ccc(C2=C(c3cccc(C)n3)NC=CC2)c/c1=C/C(=C\C)C/C=C/CCC[C@H](CCCCC)C(=O)OC. The van der Waals surface area contributed by atoms with Crippen LogP contribution in [0.1, 0.15) is 88.6 Å². The number of nitrogens with zero attached hydrogens (tertiary/aromatic N) is 1. The fourth-order valence-corrected chi connectivity index (χ4v) is 5.06. The molecule has 4 heteroatoms. The van der Waals surface area contributed by atoms with Crippen molar-refractivity contribution >= 4 is 29.9 Å². The fourth-order valence-electron chi connectivity index (χ4n) is 5.06. The van der Waals surface area contributed by atoms with Gasteiger partial charge in [0.2, 0.25) is 0 Å². The topological polar surface area (TPSA) is 51.2 Å². The minimum atomic E-state index is -0.0600. The van der Waals surface area contributed by atoms with Crippen LogP contribution in [0.3, 0.4) is 0 Å². The Morgan fingerprint density at radius 1 is 1.15 bits per heavy atom. The number of hydrogen-bond donors (Lipinski definition) is 1. The Labute approximate surface area is 241 Å². The zero-order chi connectivity index (χ0) is 28.7. The van der Waals surface area contributed by atoms with Crippen molar-refractivity contribution in [1.82, 2.24) is 10.3 Å². The Morgan fingerprint density at radius 2 is 1.98 bits per heavy atom. The lowest BCUT2D eigenvalue weighted by Crippen LogP contribution is -2.24. The molecule has 212 valence electrons. The predicted octanol–water partition coefficient (Wildman–Crippen LogP) is 7.39. The molecule has 1 aromatic heterocycles. The number of benzene rings is 1. The normalized spacial score (nSPS) is 15.0. The van der Waals surface area contributed by atoms with E-state index < -0.39 is 0 Å². The summed E-state index contributed by atoms with van der Waals surface area (Å²) < 4.78 is 5.03. The van der Waals surface area contributed by atoms with Gasteiger partial charge in [-0.15, -0.1) is 0 Å². The van der Waals surface area contributed by atoms with Crippen molar-refractivity contribution in [3.8, 4) is 0 Å². The standard InChI is InChI=1S/C36H46N2O2/c1-6-8-11-18-30(36(39)40-5)19-13-10-9-12-17-29(7-2)25-32-26-31(23-22-27(32)3)33-20-15-24-37-35(33)34-21-14-16-28(4)38-34/h7,9,12,14-16,21-26,30,37H,3,6,8,10-11,13,17-20H2,1-2,4-5H3/b12-9+,29-7-,32-25-/t30-/m0/s1. The van der Waals surface area contributed by atoms with Crippen molar-refractivity contribution in [1.29, 1.82) is 0 Å². The van der Waals surface area contributed by atoms with E-state index in [1.54, 1.807) is 0 Å². The lowest BCUT2D eigenvalue weighted by molar-refractivity contribution is -0.146. The number of allylic oxidation sites excluding steroid dienone is 6. The summed E-state index contributed by atoms with van der Waals surface area (Å²) in [6.45, 7) is 10.6. The zero-order valence-corrected chi connectivity index (χ0v) is 24.8. The van der Waals surface area contributed by atoms with Crippen LogP contribution < -0.4 is 15.8 Å².